The van der Waals surface area contributed by atoms with Crippen LogP contribution in [0, 0.1) is 5.92 Å². The van der Waals surface area contributed by atoms with Crippen LogP contribution in [0.15, 0.2) is 24.4 Å². The average molecular weight is 398 g/mol. The highest BCUT2D eigenvalue weighted by molar-refractivity contribution is 6.30. The van der Waals surface area contributed by atoms with Crippen molar-refractivity contribution < 1.29 is 24.6 Å². The summed E-state index contributed by atoms with van der Waals surface area (Å²) in [7, 11) is 5.98. The van der Waals surface area contributed by atoms with Crippen LogP contribution in [-0.4, -0.2) is 77.1 Å². The lowest BCUT2D eigenvalue weighted by molar-refractivity contribution is -0.134. The van der Waals surface area contributed by atoms with Crippen LogP contribution in [0.3, 0.4) is 0 Å². The Morgan fingerprint density at radius 2 is 1.93 bits per heavy atom. The molecular formula is C18H24ClN3O5. The molecule has 1 aromatic heterocycles. The number of fused-ring (bicyclic) bond motifs is 1. The monoisotopic (exact) mass is 397 g/mol. The van der Waals surface area contributed by atoms with Crippen LogP contribution in [0.4, 0.5) is 0 Å². The van der Waals surface area contributed by atoms with Crippen molar-refractivity contribution >= 4 is 29.4 Å². The number of hydrogen-bond donors (Lipinski definition) is 2. The van der Waals surface area contributed by atoms with Gasteiger partial charge in [-0.3, -0.25) is 9.78 Å². The minimum Gasteiger partial charge on any atom is -0.478 e. The van der Waals surface area contributed by atoms with Gasteiger partial charge in [0.25, 0.3) is 5.91 Å². The molecule has 0 fully saturated rings. The normalized spacial score (nSPS) is 16.6. The number of aliphatic carboxylic acids is 2. The van der Waals surface area contributed by atoms with E-state index in [1.165, 1.54) is 0 Å². The molecule has 1 aliphatic rings. The van der Waals surface area contributed by atoms with E-state index in [0.29, 0.717) is 28.7 Å². The Balaban J connectivity index is 0.000000387. The van der Waals surface area contributed by atoms with Crippen LogP contribution in [0.1, 0.15) is 22.5 Å². The Hall–Kier alpha value is -2.45. The number of amides is 1. The van der Waals surface area contributed by atoms with E-state index in [1.807, 2.05) is 7.05 Å². The molecule has 1 aromatic rings. The number of carboxylic acids is 2. The second-order valence-electron chi connectivity index (χ2n) is 6.51. The first-order valence-electron chi connectivity index (χ1n) is 8.28. The summed E-state index contributed by atoms with van der Waals surface area (Å²) in [5.41, 5.74) is 1.53. The van der Waals surface area contributed by atoms with Crippen molar-refractivity contribution in [2.45, 2.75) is 12.8 Å². The maximum Gasteiger partial charge on any atom is 0.328 e. The Morgan fingerprint density at radius 3 is 2.44 bits per heavy atom. The summed E-state index contributed by atoms with van der Waals surface area (Å²) in [6, 6.07) is 1.73. The third kappa shape index (κ3) is 8.19. The fraction of sp³-hybridized carbons (Fsp3) is 0.444. The molecule has 1 atom stereocenters. The van der Waals surface area contributed by atoms with Crippen molar-refractivity contribution in [1.82, 2.24) is 14.8 Å². The van der Waals surface area contributed by atoms with E-state index in [0.717, 1.165) is 31.6 Å². The summed E-state index contributed by atoms with van der Waals surface area (Å²) in [5.74, 6) is -2.04. The highest BCUT2D eigenvalue weighted by Crippen LogP contribution is 2.23. The molecular weight excluding hydrogens is 374 g/mol. The predicted molar refractivity (Wildman–Crippen MR) is 101 cm³/mol. The van der Waals surface area contributed by atoms with Crippen LogP contribution >= 0.6 is 11.6 Å². The van der Waals surface area contributed by atoms with Crippen LogP contribution in [0.25, 0.3) is 0 Å². The number of aromatic nitrogens is 1. The smallest absolute Gasteiger partial charge is 0.328 e. The number of pyridine rings is 1. The predicted octanol–water partition coefficient (Wildman–Crippen LogP) is 1.64. The third-order valence-electron chi connectivity index (χ3n) is 3.88. The first-order chi connectivity index (χ1) is 12.6. The van der Waals surface area contributed by atoms with Gasteiger partial charge in [0.2, 0.25) is 0 Å². The first-order valence-corrected chi connectivity index (χ1v) is 8.66. The van der Waals surface area contributed by atoms with Crippen molar-refractivity contribution in [2.24, 2.45) is 5.92 Å². The lowest BCUT2D eigenvalue weighted by atomic mass is 9.98. The van der Waals surface area contributed by atoms with Gasteiger partial charge in [-0.15, -0.1) is 0 Å². The average Bonchev–Trinajstić information content (AvgIpc) is 2.69. The van der Waals surface area contributed by atoms with Crippen LogP contribution in [-0.2, 0) is 16.0 Å². The van der Waals surface area contributed by atoms with Crippen LogP contribution in [0.5, 0.6) is 0 Å². The minimum atomic E-state index is -1.26. The summed E-state index contributed by atoms with van der Waals surface area (Å²) in [6.07, 6.45) is 4.65. The molecule has 8 nitrogen and oxygen atoms in total. The molecule has 0 saturated heterocycles. The molecule has 9 heteroatoms. The lowest BCUT2D eigenvalue weighted by Crippen LogP contribution is -2.31. The summed E-state index contributed by atoms with van der Waals surface area (Å²) >= 11 is 5.94. The number of carboxylic acid groups (broad SMARTS) is 2. The summed E-state index contributed by atoms with van der Waals surface area (Å²) in [4.78, 5) is 39.7. The highest BCUT2D eigenvalue weighted by Gasteiger charge is 2.26. The van der Waals surface area contributed by atoms with E-state index in [9.17, 15) is 14.4 Å². The molecule has 0 spiro atoms. The van der Waals surface area contributed by atoms with Crippen LogP contribution in [0.2, 0.25) is 5.02 Å². The topological polar surface area (TPSA) is 111 Å². The van der Waals surface area contributed by atoms with Gasteiger partial charge in [0.1, 0.15) is 0 Å². The summed E-state index contributed by atoms with van der Waals surface area (Å²) in [6.45, 7) is 1.80. The number of nitrogens with zero attached hydrogens (tertiary/aromatic N) is 3. The molecule has 2 N–H and O–H groups in total. The second kappa shape index (κ2) is 10.6. The highest BCUT2D eigenvalue weighted by atomic mass is 35.5. The Labute approximate surface area is 163 Å². The summed E-state index contributed by atoms with van der Waals surface area (Å²) in [5, 5.41) is 16.1. The van der Waals surface area contributed by atoms with Gasteiger partial charge in [0.15, 0.2) is 0 Å². The number of carbonyl (C=O) groups excluding carboxylic acids is 1. The van der Waals surface area contributed by atoms with E-state index in [-0.39, 0.29) is 5.91 Å². The molecule has 0 aromatic carbocycles. The zero-order valence-corrected chi connectivity index (χ0v) is 16.3. The van der Waals surface area contributed by atoms with Gasteiger partial charge in [-0.25, -0.2) is 9.59 Å². The fourth-order valence-corrected chi connectivity index (χ4v) is 2.76. The standard InChI is InChI=1S/C14H20ClN3O.C4H4O4/c1-17(2)5-4-10-6-13-12(7-11(15)8-16-13)14(19)18(3)9-10;5-3(6)1-2-4(7)8/h7-8,10H,4-6,9H2,1-3H3;1-2H,(H,5,6)(H,7,8). The van der Waals surface area contributed by atoms with Gasteiger partial charge in [-0.1, -0.05) is 11.6 Å². The molecule has 0 radical (unpaired) electrons. The van der Waals surface area contributed by atoms with E-state index < -0.39 is 11.9 Å². The quantitative estimate of drug-likeness (QED) is 0.726. The van der Waals surface area contributed by atoms with Gasteiger partial charge in [-0.05, 0) is 45.5 Å². The number of carbonyl (C=O) groups is 3. The van der Waals surface area contributed by atoms with Gasteiger partial charge < -0.3 is 20.0 Å². The lowest BCUT2D eigenvalue weighted by Gasteiger charge is -2.21. The SMILES string of the molecule is CN(C)CCC1Cc2ncc(Cl)cc2C(=O)N(C)C1.O=C(O)C=CC(=O)O. The van der Waals surface area contributed by atoms with Gasteiger partial charge >= 0.3 is 11.9 Å². The number of halogens is 1. The second-order valence-corrected chi connectivity index (χ2v) is 6.94. The number of rotatable bonds is 5. The number of hydrogen-bond acceptors (Lipinski definition) is 5. The van der Waals surface area contributed by atoms with E-state index in [1.54, 1.807) is 17.2 Å². The van der Waals surface area contributed by atoms with Crippen molar-refractivity contribution in [1.29, 1.82) is 0 Å². The Kier molecular flexibility index (Phi) is 8.90. The summed E-state index contributed by atoms with van der Waals surface area (Å²) < 4.78 is 0. The maximum absolute atomic E-state index is 12.3. The first kappa shape index (κ1) is 22.6. The molecule has 0 saturated carbocycles. The Bertz CT molecular complexity index is 705. The molecule has 0 bridgehead atoms. The minimum absolute atomic E-state index is 0.0253. The third-order valence-corrected chi connectivity index (χ3v) is 4.09. The van der Waals surface area contributed by atoms with E-state index in [4.69, 9.17) is 21.8 Å². The molecule has 1 unspecified atom stereocenters. The molecule has 2 heterocycles. The largest absolute Gasteiger partial charge is 0.478 e. The molecule has 1 amide bonds. The van der Waals surface area contributed by atoms with Gasteiger partial charge in [0, 0.05) is 31.9 Å². The van der Waals surface area contributed by atoms with Crippen LogP contribution < -0.4 is 0 Å². The zero-order valence-electron chi connectivity index (χ0n) is 15.6. The van der Waals surface area contributed by atoms with Gasteiger partial charge in [0.05, 0.1) is 16.3 Å². The van der Waals surface area contributed by atoms with Crippen molar-refractivity contribution in [3.05, 3.63) is 40.7 Å². The van der Waals surface area contributed by atoms with E-state index in [2.05, 4.69) is 24.0 Å². The fourth-order valence-electron chi connectivity index (χ4n) is 2.61. The molecule has 1 aliphatic heterocycles. The molecule has 148 valence electrons. The van der Waals surface area contributed by atoms with Gasteiger partial charge in [-0.2, -0.15) is 0 Å². The van der Waals surface area contributed by atoms with Crippen molar-refractivity contribution in [3.8, 4) is 0 Å². The molecule has 2 rings (SSSR count). The molecule has 0 aliphatic carbocycles. The maximum atomic E-state index is 12.3. The molecule has 27 heavy (non-hydrogen) atoms. The zero-order chi connectivity index (χ0) is 20.6. The van der Waals surface area contributed by atoms with E-state index >= 15 is 0 Å². The Morgan fingerprint density at radius 1 is 1.33 bits per heavy atom. The van der Waals surface area contributed by atoms with Crippen molar-refractivity contribution in [3.63, 3.8) is 0 Å². The van der Waals surface area contributed by atoms with Crippen molar-refractivity contribution in [2.75, 3.05) is 34.2 Å².